The van der Waals surface area contributed by atoms with Crippen molar-refractivity contribution in [3.8, 4) is 0 Å². The maximum atomic E-state index is 12.5. The Bertz CT molecular complexity index is 550. The summed E-state index contributed by atoms with van der Waals surface area (Å²) in [7, 11) is 0. The zero-order valence-corrected chi connectivity index (χ0v) is 10.6. The molecule has 0 spiro atoms. The number of hydrogen-bond donors (Lipinski definition) is 2. The number of carbonyl (C=O) groups excluding carboxylic acids is 1. The highest BCUT2D eigenvalue weighted by molar-refractivity contribution is 5.99. The van der Waals surface area contributed by atoms with Gasteiger partial charge in [-0.05, 0) is 26.0 Å². The van der Waals surface area contributed by atoms with E-state index in [1.807, 2.05) is 0 Å². The van der Waals surface area contributed by atoms with Gasteiger partial charge in [-0.2, -0.15) is 13.2 Å². The predicted molar refractivity (Wildman–Crippen MR) is 65.0 cm³/mol. The normalized spacial score (nSPS) is 12.1. The smallest absolute Gasteiger partial charge is 0.319 e. The molecule has 1 aromatic carbocycles. The second kappa shape index (κ2) is 5.08. The van der Waals surface area contributed by atoms with Gasteiger partial charge in [0.05, 0.1) is 16.0 Å². The average Bonchev–Trinajstić information content (AvgIpc) is 2.26. The van der Waals surface area contributed by atoms with Crippen molar-refractivity contribution in [2.75, 3.05) is 5.32 Å². The number of nitro benzene ring substituents is 1. The standard InChI is InChI=1S/C11H12F3N3O3/c1-10(2,15)9(18)16-7-4-3-6(11(12,13)14)5-8(7)17(19)20/h3-5H,15H2,1-2H3,(H,16,18). The molecule has 0 saturated heterocycles. The summed E-state index contributed by atoms with van der Waals surface area (Å²) >= 11 is 0. The van der Waals surface area contributed by atoms with Gasteiger partial charge in [-0.25, -0.2) is 0 Å². The van der Waals surface area contributed by atoms with Gasteiger partial charge in [0.15, 0.2) is 0 Å². The summed E-state index contributed by atoms with van der Waals surface area (Å²) in [5.74, 6) is -0.750. The van der Waals surface area contributed by atoms with Crippen molar-refractivity contribution >= 4 is 17.3 Å². The number of nitro groups is 1. The van der Waals surface area contributed by atoms with Gasteiger partial charge in [-0.3, -0.25) is 14.9 Å². The first-order valence-electron chi connectivity index (χ1n) is 5.39. The second-order valence-corrected chi connectivity index (χ2v) is 4.66. The molecule has 3 N–H and O–H groups in total. The summed E-state index contributed by atoms with van der Waals surface area (Å²) in [6.07, 6.45) is -4.71. The minimum Gasteiger partial charge on any atom is -0.319 e. The van der Waals surface area contributed by atoms with E-state index in [0.717, 1.165) is 6.07 Å². The molecule has 0 aromatic heterocycles. The fourth-order valence-corrected chi connectivity index (χ4v) is 1.25. The number of hydrogen-bond acceptors (Lipinski definition) is 4. The Morgan fingerprint density at radius 1 is 1.35 bits per heavy atom. The first-order chi connectivity index (χ1) is 8.93. The van der Waals surface area contributed by atoms with Crippen LogP contribution in [-0.2, 0) is 11.0 Å². The number of amides is 1. The lowest BCUT2D eigenvalue weighted by Gasteiger charge is -2.18. The van der Waals surface area contributed by atoms with E-state index >= 15 is 0 Å². The van der Waals surface area contributed by atoms with Gasteiger partial charge in [-0.15, -0.1) is 0 Å². The second-order valence-electron chi connectivity index (χ2n) is 4.66. The van der Waals surface area contributed by atoms with Crippen molar-refractivity contribution in [3.63, 3.8) is 0 Å². The summed E-state index contributed by atoms with van der Waals surface area (Å²) < 4.78 is 37.5. The summed E-state index contributed by atoms with van der Waals surface area (Å²) in [6, 6.07) is 1.83. The first kappa shape index (κ1) is 15.9. The van der Waals surface area contributed by atoms with Gasteiger partial charge in [0.25, 0.3) is 5.69 Å². The van der Waals surface area contributed by atoms with Crippen LogP contribution in [0.4, 0.5) is 24.5 Å². The number of anilines is 1. The van der Waals surface area contributed by atoms with E-state index < -0.39 is 33.8 Å². The number of nitrogens with one attached hydrogen (secondary N) is 1. The Hall–Kier alpha value is -2.16. The molecule has 0 radical (unpaired) electrons. The molecular formula is C11H12F3N3O3. The number of rotatable bonds is 3. The Balaban J connectivity index is 3.22. The zero-order valence-electron chi connectivity index (χ0n) is 10.6. The van der Waals surface area contributed by atoms with E-state index in [9.17, 15) is 28.1 Å². The highest BCUT2D eigenvalue weighted by atomic mass is 19.4. The monoisotopic (exact) mass is 291 g/mol. The van der Waals surface area contributed by atoms with Crippen LogP contribution in [0.25, 0.3) is 0 Å². The van der Waals surface area contributed by atoms with Crippen LogP contribution in [0, 0.1) is 10.1 Å². The van der Waals surface area contributed by atoms with Gasteiger partial charge < -0.3 is 11.1 Å². The third-order valence-corrected chi connectivity index (χ3v) is 2.36. The minimum absolute atomic E-state index is 0.341. The lowest BCUT2D eigenvalue weighted by molar-refractivity contribution is -0.384. The van der Waals surface area contributed by atoms with Crippen molar-refractivity contribution in [2.45, 2.75) is 25.6 Å². The Morgan fingerprint density at radius 2 is 1.90 bits per heavy atom. The summed E-state index contributed by atoms with van der Waals surface area (Å²) in [5, 5.41) is 12.9. The molecule has 0 aliphatic rings. The molecule has 0 heterocycles. The molecule has 9 heteroatoms. The van der Waals surface area contributed by atoms with Crippen molar-refractivity contribution < 1.29 is 22.9 Å². The predicted octanol–water partition coefficient (Wildman–Crippen LogP) is 2.29. The number of benzene rings is 1. The minimum atomic E-state index is -4.71. The molecule has 0 bridgehead atoms. The lowest BCUT2D eigenvalue weighted by atomic mass is 10.1. The molecule has 6 nitrogen and oxygen atoms in total. The van der Waals surface area contributed by atoms with Gasteiger partial charge >= 0.3 is 6.18 Å². The van der Waals surface area contributed by atoms with E-state index in [4.69, 9.17) is 5.73 Å². The van der Waals surface area contributed by atoms with E-state index in [1.165, 1.54) is 13.8 Å². The van der Waals surface area contributed by atoms with Gasteiger partial charge in [0.2, 0.25) is 5.91 Å². The Labute approximate surface area is 111 Å². The van der Waals surface area contributed by atoms with Crippen LogP contribution in [0.3, 0.4) is 0 Å². The highest BCUT2D eigenvalue weighted by Gasteiger charge is 2.33. The number of halogens is 3. The van der Waals surface area contributed by atoms with E-state index in [0.29, 0.717) is 12.1 Å². The fraction of sp³-hybridized carbons (Fsp3) is 0.364. The van der Waals surface area contributed by atoms with E-state index in [1.54, 1.807) is 0 Å². The number of alkyl halides is 3. The van der Waals surface area contributed by atoms with Crippen LogP contribution in [0.15, 0.2) is 18.2 Å². The van der Waals surface area contributed by atoms with Gasteiger partial charge in [-0.1, -0.05) is 0 Å². The third kappa shape index (κ3) is 3.67. The molecule has 0 atom stereocenters. The van der Waals surface area contributed by atoms with Crippen LogP contribution < -0.4 is 11.1 Å². The zero-order chi connectivity index (χ0) is 15.7. The summed E-state index contributed by atoms with van der Waals surface area (Å²) in [5.41, 5.74) is 1.80. The lowest BCUT2D eigenvalue weighted by Crippen LogP contribution is -2.45. The number of carbonyl (C=O) groups is 1. The third-order valence-electron chi connectivity index (χ3n) is 2.36. The summed E-state index contributed by atoms with van der Waals surface area (Å²) in [4.78, 5) is 21.4. The molecule has 110 valence electrons. The number of nitrogens with two attached hydrogens (primary N) is 1. The maximum absolute atomic E-state index is 12.5. The van der Waals surface area contributed by atoms with Crippen LogP contribution >= 0.6 is 0 Å². The largest absolute Gasteiger partial charge is 0.416 e. The van der Waals surface area contributed by atoms with Crippen LogP contribution in [0.2, 0.25) is 0 Å². The first-order valence-corrected chi connectivity index (χ1v) is 5.39. The van der Waals surface area contributed by atoms with E-state index in [2.05, 4.69) is 5.32 Å². The van der Waals surface area contributed by atoms with Gasteiger partial charge in [0.1, 0.15) is 5.69 Å². The van der Waals surface area contributed by atoms with Crippen LogP contribution in [0.5, 0.6) is 0 Å². The van der Waals surface area contributed by atoms with Crippen molar-refractivity contribution in [3.05, 3.63) is 33.9 Å². The molecule has 0 fully saturated rings. The van der Waals surface area contributed by atoms with Crippen LogP contribution in [0.1, 0.15) is 19.4 Å². The molecule has 0 aliphatic carbocycles. The fourth-order valence-electron chi connectivity index (χ4n) is 1.25. The molecule has 1 aromatic rings. The van der Waals surface area contributed by atoms with Crippen molar-refractivity contribution in [1.82, 2.24) is 0 Å². The molecule has 20 heavy (non-hydrogen) atoms. The quantitative estimate of drug-likeness (QED) is 0.659. The Kier molecular flexibility index (Phi) is 4.04. The highest BCUT2D eigenvalue weighted by Crippen LogP contribution is 2.35. The molecule has 1 rings (SSSR count). The summed E-state index contributed by atoms with van der Waals surface area (Å²) in [6.45, 7) is 2.72. The van der Waals surface area contributed by atoms with Crippen LogP contribution in [-0.4, -0.2) is 16.4 Å². The Morgan fingerprint density at radius 3 is 2.30 bits per heavy atom. The molecule has 0 aliphatic heterocycles. The molecular weight excluding hydrogens is 279 g/mol. The number of nitrogens with zero attached hydrogens (tertiary/aromatic N) is 1. The topological polar surface area (TPSA) is 98.3 Å². The van der Waals surface area contributed by atoms with E-state index in [-0.39, 0.29) is 5.69 Å². The van der Waals surface area contributed by atoms with Crippen molar-refractivity contribution in [2.24, 2.45) is 5.73 Å². The average molecular weight is 291 g/mol. The van der Waals surface area contributed by atoms with Crippen molar-refractivity contribution in [1.29, 1.82) is 0 Å². The molecule has 1 amide bonds. The maximum Gasteiger partial charge on any atom is 0.416 e. The van der Waals surface area contributed by atoms with Gasteiger partial charge in [0, 0.05) is 6.07 Å². The molecule has 0 saturated carbocycles. The molecule has 0 unspecified atom stereocenters. The SMILES string of the molecule is CC(C)(N)C(=O)Nc1ccc(C(F)(F)F)cc1[N+](=O)[O-].